The summed E-state index contributed by atoms with van der Waals surface area (Å²) in [5.74, 6) is 0. The molecule has 0 aliphatic carbocycles. The van der Waals surface area contributed by atoms with Gasteiger partial charge in [-0.3, -0.25) is 4.79 Å². The van der Waals surface area contributed by atoms with Crippen LogP contribution in [-0.2, 0) is 6.54 Å². The highest BCUT2D eigenvalue weighted by Crippen LogP contribution is 2.05. The van der Waals surface area contributed by atoms with Crippen molar-refractivity contribution in [2.45, 2.75) is 38.8 Å². The Bertz CT molecular complexity index is 399. The van der Waals surface area contributed by atoms with Gasteiger partial charge in [0.15, 0.2) is 0 Å². The highest BCUT2D eigenvalue weighted by atomic mass is 16.3. The summed E-state index contributed by atoms with van der Waals surface area (Å²) >= 11 is 0. The van der Waals surface area contributed by atoms with Gasteiger partial charge in [-0.2, -0.15) is 5.10 Å². The average molecular weight is 239 g/mol. The number of aryl methyl sites for hydroxylation is 1. The molecule has 0 saturated heterocycles. The van der Waals surface area contributed by atoms with Crippen molar-refractivity contribution in [3.8, 4) is 0 Å². The van der Waals surface area contributed by atoms with Crippen molar-refractivity contribution in [3.05, 3.63) is 22.6 Å². The number of rotatable bonds is 6. The molecule has 5 heteroatoms. The molecular formula is C12H21N3O2. The van der Waals surface area contributed by atoms with Gasteiger partial charge in [0.2, 0.25) is 0 Å². The highest BCUT2D eigenvalue weighted by Gasteiger charge is 2.02. The zero-order chi connectivity index (χ0) is 12.8. The summed E-state index contributed by atoms with van der Waals surface area (Å²) in [6, 6.07) is 1.58. The van der Waals surface area contributed by atoms with E-state index in [9.17, 15) is 4.79 Å². The summed E-state index contributed by atoms with van der Waals surface area (Å²) in [5, 5.41) is 13.2. The first-order valence-corrected chi connectivity index (χ1v) is 5.93. The van der Waals surface area contributed by atoms with Crippen LogP contribution in [0.4, 0.5) is 5.69 Å². The maximum Gasteiger partial charge on any atom is 0.268 e. The molecule has 0 amide bonds. The van der Waals surface area contributed by atoms with E-state index in [4.69, 9.17) is 5.11 Å². The first-order valence-electron chi connectivity index (χ1n) is 5.93. The van der Waals surface area contributed by atoms with Crippen LogP contribution in [0.25, 0.3) is 0 Å². The van der Waals surface area contributed by atoms with Crippen molar-refractivity contribution in [1.29, 1.82) is 0 Å². The number of nitrogens with zero attached hydrogens (tertiary/aromatic N) is 3. The summed E-state index contributed by atoms with van der Waals surface area (Å²) in [5.41, 5.74) is 0.739. The van der Waals surface area contributed by atoms with E-state index in [0.717, 1.165) is 24.9 Å². The Morgan fingerprint density at radius 3 is 2.71 bits per heavy atom. The lowest BCUT2D eigenvalue weighted by Crippen LogP contribution is -2.24. The van der Waals surface area contributed by atoms with Gasteiger partial charge in [0, 0.05) is 26.7 Å². The molecule has 5 nitrogen and oxygen atoms in total. The van der Waals surface area contributed by atoms with E-state index in [1.54, 1.807) is 19.2 Å². The fraction of sp³-hybridized carbons (Fsp3) is 0.667. The van der Waals surface area contributed by atoms with Crippen molar-refractivity contribution >= 4 is 5.69 Å². The first-order chi connectivity index (χ1) is 8.00. The normalized spacial score (nSPS) is 12.5. The van der Waals surface area contributed by atoms with Gasteiger partial charge in [-0.05, 0) is 26.2 Å². The molecule has 0 aliphatic rings. The van der Waals surface area contributed by atoms with E-state index >= 15 is 0 Å². The predicted octanol–water partition coefficient (Wildman–Crippen LogP) is 0.860. The molecule has 0 aliphatic heterocycles. The zero-order valence-electron chi connectivity index (χ0n) is 10.8. The van der Waals surface area contributed by atoms with Gasteiger partial charge < -0.3 is 10.0 Å². The highest BCUT2D eigenvalue weighted by molar-refractivity contribution is 5.40. The van der Waals surface area contributed by atoms with Gasteiger partial charge in [0.1, 0.15) is 0 Å². The van der Waals surface area contributed by atoms with Crippen LogP contribution >= 0.6 is 0 Å². The molecule has 17 heavy (non-hydrogen) atoms. The van der Waals surface area contributed by atoms with Crippen molar-refractivity contribution in [3.63, 3.8) is 0 Å². The fourth-order valence-corrected chi connectivity index (χ4v) is 1.54. The van der Waals surface area contributed by atoms with Crippen LogP contribution in [0.1, 0.15) is 26.2 Å². The van der Waals surface area contributed by atoms with E-state index in [1.807, 2.05) is 19.0 Å². The van der Waals surface area contributed by atoms with Crippen LogP contribution in [-0.4, -0.2) is 35.1 Å². The number of unbranched alkanes of at least 4 members (excludes halogenated alkanes) is 1. The number of aliphatic hydroxyl groups is 1. The third kappa shape index (κ3) is 4.56. The van der Waals surface area contributed by atoms with Crippen LogP contribution in [0.2, 0.25) is 0 Å². The first kappa shape index (κ1) is 13.7. The summed E-state index contributed by atoms with van der Waals surface area (Å²) < 4.78 is 1.47. The Morgan fingerprint density at radius 1 is 1.47 bits per heavy atom. The number of aromatic nitrogens is 2. The van der Waals surface area contributed by atoms with Crippen LogP contribution in [0.15, 0.2) is 17.1 Å². The fourth-order valence-electron chi connectivity index (χ4n) is 1.54. The third-order valence-electron chi connectivity index (χ3n) is 2.61. The second-order valence-electron chi connectivity index (χ2n) is 4.51. The van der Waals surface area contributed by atoms with Gasteiger partial charge in [-0.1, -0.05) is 0 Å². The van der Waals surface area contributed by atoms with E-state index in [2.05, 4.69) is 5.10 Å². The Kier molecular flexibility index (Phi) is 5.15. The topological polar surface area (TPSA) is 58.4 Å². The van der Waals surface area contributed by atoms with E-state index in [0.29, 0.717) is 6.54 Å². The molecule has 1 N–H and O–H groups in total. The lowest BCUT2D eigenvalue weighted by molar-refractivity contribution is 0.179. The van der Waals surface area contributed by atoms with E-state index in [1.165, 1.54) is 4.68 Å². The van der Waals surface area contributed by atoms with Crippen molar-refractivity contribution < 1.29 is 5.11 Å². The zero-order valence-corrected chi connectivity index (χ0v) is 10.8. The summed E-state index contributed by atoms with van der Waals surface area (Å²) in [4.78, 5) is 13.6. The molecule has 0 aromatic carbocycles. The number of aliphatic hydroxyl groups excluding tert-OH is 1. The van der Waals surface area contributed by atoms with Gasteiger partial charge in [0.05, 0.1) is 18.0 Å². The molecule has 96 valence electrons. The summed E-state index contributed by atoms with van der Waals surface area (Å²) in [6.45, 7) is 2.38. The van der Waals surface area contributed by atoms with E-state index < -0.39 is 0 Å². The van der Waals surface area contributed by atoms with Gasteiger partial charge in [-0.15, -0.1) is 0 Å². The second-order valence-corrected chi connectivity index (χ2v) is 4.51. The Hall–Kier alpha value is -1.36. The van der Waals surface area contributed by atoms with Crippen LogP contribution < -0.4 is 10.5 Å². The minimum Gasteiger partial charge on any atom is -0.393 e. The molecule has 1 aromatic rings. The Morgan fingerprint density at radius 2 is 2.18 bits per heavy atom. The molecule has 0 bridgehead atoms. The predicted molar refractivity (Wildman–Crippen MR) is 68.4 cm³/mol. The van der Waals surface area contributed by atoms with Crippen LogP contribution in [0, 0.1) is 0 Å². The summed E-state index contributed by atoms with van der Waals surface area (Å²) in [6.07, 6.45) is 3.96. The molecule has 1 unspecified atom stereocenters. The van der Waals surface area contributed by atoms with Gasteiger partial charge in [-0.25, -0.2) is 4.68 Å². The largest absolute Gasteiger partial charge is 0.393 e. The minimum atomic E-state index is -0.268. The quantitative estimate of drug-likeness (QED) is 0.748. The van der Waals surface area contributed by atoms with Crippen LogP contribution in [0.3, 0.4) is 0 Å². The lowest BCUT2D eigenvalue weighted by Gasteiger charge is -2.12. The van der Waals surface area contributed by atoms with Crippen molar-refractivity contribution in [1.82, 2.24) is 9.78 Å². The molecular weight excluding hydrogens is 218 g/mol. The molecule has 0 fully saturated rings. The molecule has 1 aromatic heterocycles. The third-order valence-corrected chi connectivity index (χ3v) is 2.61. The molecule has 1 rings (SSSR count). The minimum absolute atomic E-state index is 0.0757. The second kappa shape index (κ2) is 6.39. The molecule has 0 radical (unpaired) electrons. The monoisotopic (exact) mass is 239 g/mol. The van der Waals surface area contributed by atoms with Crippen molar-refractivity contribution in [2.24, 2.45) is 0 Å². The summed E-state index contributed by atoms with van der Waals surface area (Å²) in [7, 11) is 3.76. The molecule has 0 spiro atoms. The smallest absolute Gasteiger partial charge is 0.268 e. The lowest BCUT2D eigenvalue weighted by atomic mass is 10.2. The maximum atomic E-state index is 11.7. The SMILES string of the molecule is CC(O)CCCCn1ncc(N(C)C)cc1=O. The Balaban J connectivity index is 2.52. The average Bonchev–Trinajstić information content (AvgIpc) is 2.25. The van der Waals surface area contributed by atoms with Crippen LogP contribution in [0.5, 0.6) is 0 Å². The van der Waals surface area contributed by atoms with Gasteiger partial charge >= 0.3 is 0 Å². The molecule has 0 saturated carbocycles. The number of anilines is 1. The molecule has 1 heterocycles. The number of hydrogen-bond donors (Lipinski definition) is 1. The van der Waals surface area contributed by atoms with Crippen molar-refractivity contribution in [2.75, 3.05) is 19.0 Å². The number of hydrogen-bond acceptors (Lipinski definition) is 4. The molecule has 1 atom stereocenters. The van der Waals surface area contributed by atoms with Gasteiger partial charge in [0.25, 0.3) is 5.56 Å². The maximum absolute atomic E-state index is 11.7. The van der Waals surface area contributed by atoms with E-state index in [-0.39, 0.29) is 11.7 Å². The Labute approximate surface area is 102 Å². The standard InChI is InChI=1S/C12H21N3O2/c1-10(16)6-4-5-7-15-12(17)8-11(9-13-15)14(2)3/h8-10,16H,4-7H2,1-3H3.